The predicted octanol–water partition coefficient (Wildman–Crippen LogP) is 0.903. The van der Waals surface area contributed by atoms with E-state index < -0.39 is 0 Å². The summed E-state index contributed by atoms with van der Waals surface area (Å²) in [5.41, 5.74) is 0. The Hall–Kier alpha value is -0.510. The first-order chi connectivity index (χ1) is 4.88. The number of rotatable bonds is 0. The molecule has 0 radical (unpaired) electrons. The van der Waals surface area contributed by atoms with Crippen LogP contribution in [0.3, 0.4) is 0 Å². The smallest absolute Gasteiger partial charge is 0.188 e. The van der Waals surface area contributed by atoms with Crippen molar-refractivity contribution in [1.82, 2.24) is 14.8 Å². The highest BCUT2D eigenvalue weighted by atomic mass is 32.1. The van der Waals surface area contributed by atoms with Gasteiger partial charge in [0.15, 0.2) is 5.16 Å². The van der Waals surface area contributed by atoms with Crippen molar-refractivity contribution in [3.8, 4) is 0 Å². The summed E-state index contributed by atoms with van der Waals surface area (Å²) in [7, 11) is 0. The number of hydrogen-bond acceptors (Lipinski definition) is 3. The van der Waals surface area contributed by atoms with E-state index in [1.807, 2.05) is 0 Å². The van der Waals surface area contributed by atoms with Gasteiger partial charge in [0.2, 0.25) is 0 Å². The Morgan fingerprint density at radius 3 is 3.00 bits per heavy atom. The zero-order valence-corrected chi connectivity index (χ0v) is 6.51. The Bertz CT molecular complexity index is 243. The molecule has 0 saturated carbocycles. The third kappa shape index (κ3) is 0.831. The summed E-state index contributed by atoms with van der Waals surface area (Å²) in [5, 5.41) is 8.63. The summed E-state index contributed by atoms with van der Waals surface area (Å²) in [6.45, 7) is 1.04. The standard InChI is InChI=1S/C6H9N3S/c10-6-8-7-5-3-1-2-4-9(5)6/h1-4H2,(H,8,10). The summed E-state index contributed by atoms with van der Waals surface area (Å²) < 4.78 is 2.08. The van der Waals surface area contributed by atoms with Gasteiger partial charge in [-0.25, -0.2) is 0 Å². The van der Waals surface area contributed by atoms with Gasteiger partial charge in [0.05, 0.1) is 0 Å². The van der Waals surface area contributed by atoms with Crippen molar-refractivity contribution in [3.05, 3.63) is 5.82 Å². The molecule has 2 heterocycles. The minimum absolute atomic E-state index is 0.759. The molecule has 1 aromatic rings. The lowest BCUT2D eigenvalue weighted by molar-refractivity contribution is 0.496. The van der Waals surface area contributed by atoms with Gasteiger partial charge >= 0.3 is 0 Å². The van der Waals surface area contributed by atoms with Crippen LogP contribution in [-0.4, -0.2) is 14.8 Å². The first-order valence-corrected chi connectivity index (χ1v) is 3.94. The van der Waals surface area contributed by atoms with Gasteiger partial charge in [-0.1, -0.05) is 0 Å². The van der Waals surface area contributed by atoms with Gasteiger partial charge in [0, 0.05) is 13.0 Å². The molecular formula is C6H9N3S. The van der Waals surface area contributed by atoms with Crippen molar-refractivity contribution in [3.63, 3.8) is 0 Å². The van der Waals surface area contributed by atoms with Crippen molar-refractivity contribution in [2.75, 3.05) is 0 Å². The first kappa shape index (κ1) is 6.22. The van der Waals surface area contributed by atoms with Crippen LogP contribution in [0.2, 0.25) is 0 Å². The molecule has 4 heteroatoms. The molecule has 0 unspecified atom stereocenters. The molecule has 0 bridgehead atoms. The lowest BCUT2D eigenvalue weighted by atomic mass is 10.2. The van der Waals surface area contributed by atoms with Crippen LogP contribution in [-0.2, 0) is 13.0 Å². The second-order valence-electron chi connectivity index (χ2n) is 2.52. The number of hydrogen-bond donors (Lipinski definition) is 1. The molecule has 0 aliphatic carbocycles. The molecule has 2 rings (SSSR count). The Morgan fingerprint density at radius 1 is 1.30 bits per heavy atom. The molecule has 1 aliphatic heterocycles. The fraction of sp³-hybridized carbons (Fsp3) is 0.667. The van der Waals surface area contributed by atoms with E-state index in [1.54, 1.807) is 0 Å². The quantitative estimate of drug-likeness (QED) is 0.564. The normalized spacial score (nSPS) is 16.9. The van der Waals surface area contributed by atoms with Gasteiger partial charge in [-0.3, -0.25) is 0 Å². The van der Waals surface area contributed by atoms with Crippen molar-refractivity contribution in [2.45, 2.75) is 31.0 Å². The molecule has 0 atom stereocenters. The molecule has 3 nitrogen and oxygen atoms in total. The maximum atomic E-state index is 4.18. The molecule has 0 amide bonds. The lowest BCUT2D eigenvalue weighted by Crippen LogP contribution is -2.10. The van der Waals surface area contributed by atoms with Crippen LogP contribution < -0.4 is 0 Å². The zero-order valence-electron chi connectivity index (χ0n) is 5.62. The van der Waals surface area contributed by atoms with Crippen LogP contribution in [0.5, 0.6) is 0 Å². The topological polar surface area (TPSA) is 30.7 Å². The molecule has 1 aromatic heterocycles. The Balaban J connectivity index is 2.45. The van der Waals surface area contributed by atoms with Gasteiger partial charge in [-0.05, 0) is 12.8 Å². The van der Waals surface area contributed by atoms with E-state index in [9.17, 15) is 0 Å². The second-order valence-corrected chi connectivity index (χ2v) is 2.92. The molecule has 0 spiro atoms. The van der Waals surface area contributed by atoms with Crippen molar-refractivity contribution < 1.29 is 0 Å². The lowest BCUT2D eigenvalue weighted by Gasteiger charge is -2.12. The fourth-order valence-electron chi connectivity index (χ4n) is 1.29. The number of thiol groups is 1. The maximum absolute atomic E-state index is 4.18. The number of aromatic nitrogens is 3. The van der Waals surface area contributed by atoms with Crippen LogP contribution in [0.4, 0.5) is 0 Å². The van der Waals surface area contributed by atoms with Crippen LogP contribution in [0.1, 0.15) is 18.7 Å². The minimum Gasteiger partial charge on any atom is -0.306 e. The van der Waals surface area contributed by atoms with E-state index in [0.29, 0.717) is 0 Å². The monoisotopic (exact) mass is 155 g/mol. The molecule has 0 N–H and O–H groups in total. The number of nitrogens with zero attached hydrogens (tertiary/aromatic N) is 3. The van der Waals surface area contributed by atoms with Gasteiger partial charge in [0.1, 0.15) is 5.82 Å². The van der Waals surface area contributed by atoms with Crippen molar-refractivity contribution in [2.24, 2.45) is 0 Å². The van der Waals surface area contributed by atoms with Crippen LogP contribution in [0, 0.1) is 0 Å². The maximum Gasteiger partial charge on any atom is 0.188 e. The highest BCUT2D eigenvalue weighted by Crippen LogP contribution is 2.15. The van der Waals surface area contributed by atoms with Crippen molar-refractivity contribution in [1.29, 1.82) is 0 Å². The molecular weight excluding hydrogens is 146 g/mol. The number of aryl methyl sites for hydroxylation is 1. The average Bonchev–Trinajstić information content (AvgIpc) is 2.34. The predicted molar refractivity (Wildman–Crippen MR) is 40.2 cm³/mol. The fourth-order valence-corrected chi connectivity index (χ4v) is 1.55. The molecule has 0 saturated heterocycles. The largest absolute Gasteiger partial charge is 0.306 e. The van der Waals surface area contributed by atoms with E-state index in [-0.39, 0.29) is 0 Å². The molecule has 54 valence electrons. The third-order valence-electron chi connectivity index (χ3n) is 1.84. The minimum atomic E-state index is 0.759. The summed E-state index contributed by atoms with van der Waals surface area (Å²) in [5.74, 6) is 1.09. The Labute approximate surface area is 64.9 Å². The SMILES string of the molecule is Sc1nnc2n1CCCC2. The van der Waals surface area contributed by atoms with Gasteiger partial charge in [-0.2, -0.15) is 0 Å². The molecule has 1 aliphatic rings. The Kier molecular flexibility index (Phi) is 1.41. The van der Waals surface area contributed by atoms with Crippen LogP contribution in [0.15, 0.2) is 5.16 Å². The van der Waals surface area contributed by atoms with Gasteiger partial charge in [-0.15, -0.1) is 22.8 Å². The summed E-state index contributed by atoms with van der Waals surface area (Å²) >= 11 is 4.18. The summed E-state index contributed by atoms with van der Waals surface area (Å²) in [6, 6.07) is 0. The van der Waals surface area contributed by atoms with E-state index in [0.717, 1.165) is 23.9 Å². The van der Waals surface area contributed by atoms with E-state index in [2.05, 4.69) is 27.4 Å². The van der Waals surface area contributed by atoms with Gasteiger partial charge < -0.3 is 4.57 Å². The molecule has 0 aromatic carbocycles. The molecule has 0 fully saturated rings. The van der Waals surface area contributed by atoms with Crippen LogP contribution >= 0.6 is 12.6 Å². The first-order valence-electron chi connectivity index (χ1n) is 3.49. The highest BCUT2D eigenvalue weighted by Gasteiger charge is 2.12. The summed E-state index contributed by atoms with van der Waals surface area (Å²) in [4.78, 5) is 0. The second kappa shape index (κ2) is 2.27. The number of fused-ring (bicyclic) bond motifs is 1. The zero-order chi connectivity index (χ0) is 6.97. The Morgan fingerprint density at radius 2 is 2.20 bits per heavy atom. The van der Waals surface area contributed by atoms with Crippen LogP contribution in [0.25, 0.3) is 0 Å². The third-order valence-corrected chi connectivity index (χ3v) is 2.17. The summed E-state index contributed by atoms with van der Waals surface area (Å²) in [6.07, 6.45) is 3.54. The van der Waals surface area contributed by atoms with E-state index in [1.165, 1.54) is 12.8 Å². The van der Waals surface area contributed by atoms with Gasteiger partial charge in [0.25, 0.3) is 0 Å². The van der Waals surface area contributed by atoms with E-state index in [4.69, 9.17) is 0 Å². The highest BCUT2D eigenvalue weighted by molar-refractivity contribution is 7.80. The molecule has 10 heavy (non-hydrogen) atoms. The van der Waals surface area contributed by atoms with E-state index >= 15 is 0 Å². The van der Waals surface area contributed by atoms with Crippen molar-refractivity contribution >= 4 is 12.6 Å². The average molecular weight is 155 g/mol.